The van der Waals surface area contributed by atoms with E-state index in [2.05, 4.69) is 36.1 Å². The maximum Gasteiger partial charge on any atom is 0.00914 e. The molecule has 0 aromatic heterocycles. The summed E-state index contributed by atoms with van der Waals surface area (Å²) < 4.78 is 0. The minimum Gasteiger partial charge on any atom is -0.327 e. The van der Waals surface area contributed by atoms with Gasteiger partial charge < -0.3 is 10.6 Å². The van der Waals surface area contributed by atoms with Crippen LogP contribution in [0.3, 0.4) is 0 Å². The molecular weight excluding hydrogens is 244 g/mol. The zero-order chi connectivity index (χ0) is 13.9. The zero-order valence-corrected chi connectivity index (χ0v) is 12.7. The van der Waals surface area contributed by atoms with Crippen LogP contribution in [0, 0.1) is 5.92 Å². The smallest absolute Gasteiger partial charge is 0.00914 e. The first-order valence-electron chi connectivity index (χ1n) is 8.33. The average Bonchev–Trinajstić information content (AvgIpc) is 2.49. The van der Waals surface area contributed by atoms with Crippen LogP contribution in [0.15, 0.2) is 24.3 Å². The normalized spacial score (nSPS) is 31.0. The van der Waals surface area contributed by atoms with E-state index < -0.39 is 0 Å². The summed E-state index contributed by atoms with van der Waals surface area (Å²) >= 11 is 0. The van der Waals surface area contributed by atoms with Gasteiger partial charge in [0.15, 0.2) is 0 Å². The molecule has 0 saturated carbocycles. The fourth-order valence-electron chi connectivity index (χ4n) is 4.08. The lowest BCUT2D eigenvalue weighted by Gasteiger charge is -2.39. The molecule has 1 heterocycles. The van der Waals surface area contributed by atoms with Gasteiger partial charge in [-0.15, -0.1) is 0 Å². The molecule has 2 heteroatoms. The van der Waals surface area contributed by atoms with Gasteiger partial charge in [0, 0.05) is 19.1 Å². The lowest BCUT2D eigenvalue weighted by molar-refractivity contribution is 0.141. The number of aryl methyl sites for hydroxylation is 1. The van der Waals surface area contributed by atoms with E-state index in [4.69, 9.17) is 5.73 Å². The van der Waals surface area contributed by atoms with E-state index in [0.29, 0.717) is 12.0 Å². The van der Waals surface area contributed by atoms with Crippen molar-refractivity contribution in [2.75, 3.05) is 19.6 Å². The number of hydrogen-bond donors (Lipinski definition) is 1. The largest absolute Gasteiger partial charge is 0.327 e. The van der Waals surface area contributed by atoms with Gasteiger partial charge >= 0.3 is 0 Å². The monoisotopic (exact) mass is 272 g/mol. The van der Waals surface area contributed by atoms with Crippen molar-refractivity contribution in [3.8, 4) is 0 Å². The third-order valence-corrected chi connectivity index (χ3v) is 5.37. The lowest BCUT2D eigenvalue weighted by atomic mass is 9.81. The Morgan fingerprint density at radius 3 is 2.95 bits per heavy atom. The van der Waals surface area contributed by atoms with E-state index in [0.717, 1.165) is 5.92 Å². The molecular formula is C18H28N2. The Morgan fingerprint density at radius 1 is 1.25 bits per heavy atom. The van der Waals surface area contributed by atoms with Crippen molar-refractivity contribution in [2.24, 2.45) is 11.7 Å². The molecule has 0 bridgehead atoms. The van der Waals surface area contributed by atoms with Gasteiger partial charge in [-0.2, -0.15) is 0 Å². The maximum atomic E-state index is 6.23. The topological polar surface area (TPSA) is 29.3 Å². The minimum atomic E-state index is 0.426. The Balaban J connectivity index is 1.67. The quantitative estimate of drug-likeness (QED) is 0.916. The molecule has 2 aliphatic rings. The average molecular weight is 272 g/mol. The van der Waals surface area contributed by atoms with Crippen LogP contribution >= 0.6 is 0 Å². The number of nitrogens with two attached hydrogens (primary N) is 1. The Kier molecular flexibility index (Phi) is 4.42. The van der Waals surface area contributed by atoms with E-state index in [1.165, 1.54) is 51.7 Å². The number of rotatable bonds is 3. The second-order valence-electron chi connectivity index (χ2n) is 6.67. The molecule has 2 N–H and O–H groups in total. The highest BCUT2D eigenvalue weighted by Crippen LogP contribution is 2.33. The highest BCUT2D eigenvalue weighted by atomic mass is 15.1. The van der Waals surface area contributed by atoms with Gasteiger partial charge in [0.05, 0.1) is 0 Å². The van der Waals surface area contributed by atoms with Crippen LogP contribution < -0.4 is 5.73 Å². The number of piperidine rings is 1. The Morgan fingerprint density at radius 2 is 2.10 bits per heavy atom. The highest BCUT2D eigenvalue weighted by Gasteiger charge is 2.28. The molecule has 3 atom stereocenters. The third kappa shape index (κ3) is 2.91. The van der Waals surface area contributed by atoms with E-state index in [1.807, 2.05) is 0 Å². The number of benzene rings is 1. The summed E-state index contributed by atoms with van der Waals surface area (Å²) in [5.74, 6) is 1.44. The van der Waals surface area contributed by atoms with Gasteiger partial charge in [-0.25, -0.2) is 0 Å². The predicted molar refractivity (Wildman–Crippen MR) is 84.9 cm³/mol. The summed E-state index contributed by atoms with van der Waals surface area (Å²) in [5, 5.41) is 0. The van der Waals surface area contributed by atoms with Gasteiger partial charge in [0.1, 0.15) is 0 Å². The van der Waals surface area contributed by atoms with Crippen LogP contribution in [0.5, 0.6) is 0 Å². The van der Waals surface area contributed by atoms with Crippen LogP contribution in [0.25, 0.3) is 0 Å². The van der Waals surface area contributed by atoms with Crippen LogP contribution in [0.2, 0.25) is 0 Å². The van der Waals surface area contributed by atoms with Crippen molar-refractivity contribution in [2.45, 2.75) is 51.0 Å². The number of likely N-dealkylation sites (tertiary alicyclic amines) is 1. The lowest BCUT2D eigenvalue weighted by Crippen LogP contribution is -2.48. The van der Waals surface area contributed by atoms with Crippen molar-refractivity contribution >= 4 is 0 Å². The Bertz CT molecular complexity index is 443. The van der Waals surface area contributed by atoms with Gasteiger partial charge in [0.25, 0.3) is 0 Å². The van der Waals surface area contributed by atoms with E-state index >= 15 is 0 Å². The summed E-state index contributed by atoms with van der Waals surface area (Å²) in [7, 11) is 0. The first kappa shape index (κ1) is 14.1. The second-order valence-corrected chi connectivity index (χ2v) is 6.67. The van der Waals surface area contributed by atoms with Crippen LogP contribution in [0.4, 0.5) is 0 Å². The summed E-state index contributed by atoms with van der Waals surface area (Å²) in [6.07, 6.45) is 6.38. The van der Waals surface area contributed by atoms with Gasteiger partial charge in [-0.1, -0.05) is 37.6 Å². The molecule has 3 rings (SSSR count). The molecule has 2 nitrogen and oxygen atoms in total. The molecule has 1 saturated heterocycles. The van der Waals surface area contributed by atoms with Crippen molar-refractivity contribution < 1.29 is 0 Å². The van der Waals surface area contributed by atoms with Gasteiger partial charge in [0.2, 0.25) is 0 Å². The second kappa shape index (κ2) is 6.28. The van der Waals surface area contributed by atoms with Crippen LogP contribution in [0.1, 0.15) is 49.7 Å². The van der Waals surface area contributed by atoms with Crippen LogP contribution in [-0.2, 0) is 6.42 Å². The summed E-state index contributed by atoms with van der Waals surface area (Å²) in [4.78, 5) is 2.67. The molecule has 3 unspecified atom stereocenters. The molecule has 20 heavy (non-hydrogen) atoms. The molecule has 1 aliphatic heterocycles. The number of hydrogen-bond acceptors (Lipinski definition) is 2. The number of nitrogens with zero attached hydrogens (tertiary/aromatic N) is 1. The van der Waals surface area contributed by atoms with E-state index in [-0.39, 0.29) is 0 Å². The molecule has 0 spiro atoms. The van der Waals surface area contributed by atoms with Crippen LogP contribution in [-0.4, -0.2) is 30.6 Å². The molecule has 0 amide bonds. The Labute approximate surface area is 123 Å². The van der Waals surface area contributed by atoms with Gasteiger partial charge in [-0.3, -0.25) is 0 Å². The first-order chi connectivity index (χ1) is 9.78. The fraction of sp³-hybridized carbons (Fsp3) is 0.667. The third-order valence-electron chi connectivity index (χ3n) is 5.37. The predicted octanol–water partition coefficient (Wildman–Crippen LogP) is 3.17. The SMILES string of the molecule is CCC1CN(CC2CCCc3ccccc32)CCC1N. The molecule has 1 aromatic carbocycles. The van der Waals surface area contributed by atoms with Crippen molar-refractivity contribution in [3.63, 3.8) is 0 Å². The van der Waals surface area contributed by atoms with E-state index in [9.17, 15) is 0 Å². The number of fused-ring (bicyclic) bond motifs is 1. The molecule has 110 valence electrons. The maximum absolute atomic E-state index is 6.23. The molecule has 1 fully saturated rings. The minimum absolute atomic E-state index is 0.426. The fourth-order valence-corrected chi connectivity index (χ4v) is 4.08. The standard InChI is InChI=1S/C18H28N2/c1-2-14-12-20(11-10-18(14)19)13-16-8-5-7-15-6-3-4-9-17(15)16/h3-4,6,9,14,16,18H,2,5,7-8,10-13,19H2,1H3. The van der Waals surface area contributed by atoms with E-state index in [1.54, 1.807) is 11.1 Å². The molecule has 0 radical (unpaired) electrons. The van der Waals surface area contributed by atoms with Crippen molar-refractivity contribution in [3.05, 3.63) is 35.4 Å². The molecule has 1 aromatic rings. The summed E-state index contributed by atoms with van der Waals surface area (Å²) in [6.45, 7) is 5.91. The molecule has 1 aliphatic carbocycles. The van der Waals surface area contributed by atoms with Crippen molar-refractivity contribution in [1.29, 1.82) is 0 Å². The summed E-state index contributed by atoms with van der Waals surface area (Å²) in [5.41, 5.74) is 9.43. The summed E-state index contributed by atoms with van der Waals surface area (Å²) in [6, 6.07) is 9.50. The first-order valence-corrected chi connectivity index (χ1v) is 8.33. The van der Waals surface area contributed by atoms with Crippen molar-refractivity contribution in [1.82, 2.24) is 4.90 Å². The van der Waals surface area contributed by atoms with Gasteiger partial charge in [-0.05, 0) is 55.2 Å². The zero-order valence-electron chi connectivity index (χ0n) is 12.7. The Hall–Kier alpha value is -0.860. The highest BCUT2D eigenvalue weighted by molar-refractivity contribution is 5.32.